The Kier molecular flexibility index (Phi) is 10.4. The second kappa shape index (κ2) is 10.8. The van der Waals surface area contributed by atoms with Gasteiger partial charge < -0.3 is 10.1 Å². The number of benzene rings is 1. The Bertz CT molecular complexity index is 454. The Morgan fingerprint density at radius 3 is 2.59 bits per heavy atom. The molecule has 1 atom stereocenters. The first-order valence-electron chi connectivity index (χ1n) is 7.15. The molecule has 0 amide bonds. The molecule has 126 valence electrons. The van der Waals surface area contributed by atoms with Crippen LogP contribution in [0.2, 0.25) is 0 Å². The fourth-order valence-corrected chi connectivity index (χ4v) is 2.71. The van der Waals surface area contributed by atoms with Crippen LogP contribution in [0.1, 0.15) is 24.4 Å². The second-order valence-electron chi connectivity index (χ2n) is 5.06. The normalized spacial score (nSPS) is 16.1. The lowest BCUT2D eigenvalue weighted by molar-refractivity contribution is 0.163. The maximum Gasteiger partial charge on any atom is 0.131 e. The molecule has 0 saturated carbocycles. The highest BCUT2D eigenvalue weighted by molar-refractivity contribution is 5.85. The molecule has 1 saturated heterocycles. The van der Waals surface area contributed by atoms with Gasteiger partial charge in [0, 0.05) is 43.9 Å². The molecule has 2 rings (SSSR count). The van der Waals surface area contributed by atoms with Gasteiger partial charge in [-0.05, 0) is 18.9 Å². The molecule has 3 nitrogen and oxygen atoms in total. The molecule has 1 fully saturated rings. The van der Waals surface area contributed by atoms with Gasteiger partial charge in [0.2, 0.25) is 0 Å². The van der Waals surface area contributed by atoms with Gasteiger partial charge in [-0.25, -0.2) is 4.39 Å². The lowest BCUT2D eigenvalue weighted by Gasteiger charge is -2.35. The molecule has 0 aliphatic carbocycles. The molecule has 0 bridgehead atoms. The monoisotopic (exact) mass is 350 g/mol. The van der Waals surface area contributed by atoms with Gasteiger partial charge in [-0.2, -0.15) is 0 Å². The van der Waals surface area contributed by atoms with E-state index in [0.29, 0.717) is 5.75 Å². The number of halogens is 3. The van der Waals surface area contributed by atoms with Crippen LogP contribution in [0.4, 0.5) is 4.39 Å². The molecule has 1 heterocycles. The number of nitrogens with one attached hydrogen (secondary N) is 1. The van der Waals surface area contributed by atoms with Gasteiger partial charge >= 0.3 is 0 Å². The third kappa shape index (κ3) is 5.43. The van der Waals surface area contributed by atoms with Crippen molar-refractivity contribution in [2.24, 2.45) is 0 Å². The second-order valence-corrected chi connectivity index (χ2v) is 5.06. The molecular weight excluding hydrogens is 326 g/mol. The minimum absolute atomic E-state index is 0. The average Bonchev–Trinajstić information content (AvgIpc) is 2.50. The Balaban J connectivity index is 0.00000220. The zero-order valence-electron chi connectivity index (χ0n) is 12.9. The Labute approximate surface area is 144 Å². The molecule has 22 heavy (non-hydrogen) atoms. The van der Waals surface area contributed by atoms with Gasteiger partial charge in [0.05, 0.1) is 7.11 Å². The largest absolute Gasteiger partial charge is 0.497 e. The number of methoxy groups -OCH3 is 1. The molecule has 1 N–H and O–H groups in total. The maximum absolute atomic E-state index is 14.3. The van der Waals surface area contributed by atoms with Crippen LogP contribution < -0.4 is 10.1 Å². The molecular formula is C16H25Cl2FN2O. The lowest BCUT2D eigenvalue weighted by atomic mass is 9.98. The first kappa shape index (κ1) is 21.2. The quantitative estimate of drug-likeness (QED) is 0.793. The highest BCUT2D eigenvalue weighted by Crippen LogP contribution is 2.30. The first-order chi connectivity index (χ1) is 9.76. The number of nitrogens with zero attached hydrogens (tertiary/aromatic N) is 1. The Morgan fingerprint density at radius 2 is 2.05 bits per heavy atom. The van der Waals surface area contributed by atoms with E-state index in [2.05, 4.69) is 16.8 Å². The SMILES string of the molecule is C=CCC[C@@H](c1ccc(OC)cc1F)N1CCNCC1.Cl.Cl. The minimum Gasteiger partial charge on any atom is -0.497 e. The van der Waals surface area contributed by atoms with Crippen molar-refractivity contribution in [3.63, 3.8) is 0 Å². The fraction of sp³-hybridized carbons (Fsp3) is 0.500. The zero-order valence-corrected chi connectivity index (χ0v) is 14.5. The highest BCUT2D eigenvalue weighted by atomic mass is 35.5. The van der Waals surface area contributed by atoms with Crippen molar-refractivity contribution >= 4 is 24.8 Å². The molecule has 1 aromatic rings. The van der Waals surface area contributed by atoms with Crippen molar-refractivity contribution in [2.75, 3.05) is 33.3 Å². The average molecular weight is 351 g/mol. The van der Waals surface area contributed by atoms with Crippen molar-refractivity contribution in [1.82, 2.24) is 10.2 Å². The van der Waals surface area contributed by atoms with Crippen LogP contribution in [0.25, 0.3) is 0 Å². The topological polar surface area (TPSA) is 24.5 Å². The summed E-state index contributed by atoms with van der Waals surface area (Å²) in [6, 6.07) is 5.27. The van der Waals surface area contributed by atoms with E-state index < -0.39 is 0 Å². The van der Waals surface area contributed by atoms with Crippen LogP contribution in [-0.4, -0.2) is 38.2 Å². The Morgan fingerprint density at radius 1 is 1.36 bits per heavy atom. The number of hydrogen-bond acceptors (Lipinski definition) is 3. The Hall–Kier alpha value is -0.810. The van der Waals surface area contributed by atoms with Crippen molar-refractivity contribution in [1.29, 1.82) is 0 Å². The number of allylic oxidation sites excluding steroid dienone is 1. The van der Waals surface area contributed by atoms with Crippen molar-refractivity contribution in [3.05, 3.63) is 42.2 Å². The predicted molar refractivity (Wildman–Crippen MR) is 94.1 cm³/mol. The van der Waals surface area contributed by atoms with Gasteiger partial charge in [0.25, 0.3) is 0 Å². The molecule has 1 aliphatic rings. The summed E-state index contributed by atoms with van der Waals surface area (Å²) in [5.74, 6) is 0.381. The van der Waals surface area contributed by atoms with Gasteiger partial charge in [-0.3, -0.25) is 4.90 Å². The summed E-state index contributed by atoms with van der Waals surface area (Å²) in [5, 5.41) is 3.33. The van der Waals surface area contributed by atoms with Crippen LogP contribution in [0.15, 0.2) is 30.9 Å². The van der Waals surface area contributed by atoms with E-state index in [4.69, 9.17) is 4.74 Å². The smallest absolute Gasteiger partial charge is 0.131 e. The molecule has 1 aliphatic heterocycles. The summed E-state index contributed by atoms with van der Waals surface area (Å²) >= 11 is 0. The zero-order chi connectivity index (χ0) is 14.4. The van der Waals surface area contributed by atoms with E-state index >= 15 is 0 Å². The lowest BCUT2D eigenvalue weighted by Crippen LogP contribution is -2.45. The molecule has 1 aromatic carbocycles. The minimum atomic E-state index is -0.183. The number of piperazine rings is 1. The van der Waals surface area contributed by atoms with Crippen molar-refractivity contribution in [2.45, 2.75) is 18.9 Å². The van der Waals surface area contributed by atoms with Crippen LogP contribution in [0.5, 0.6) is 5.75 Å². The fourth-order valence-electron chi connectivity index (χ4n) is 2.71. The number of ether oxygens (including phenoxy) is 1. The van der Waals surface area contributed by atoms with E-state index in [1.807, 2.05) is 18.2 Å². The summed E-state index contributed by atoms with van der Waals surface area (Å²) in [4.78, 5) is 2.35. The third-order valence-corrected chi connectivity index (χ3v) is 3.80. The summed E-state index contributed by atoms with van der Waals surface area (Å²) in [6.45, 7) is 7.60. The molecule has 0 spiro atoms. The first-order valence-corrected chi connectivity index (χ1v) is 7.15. The summed E-state index contributed by atoms with van der Waals surface area (Å²) in [7, 11) is 1.56. The molecule has 6 heteroatoms. The number of hydrogen-bond donors (Lipinski definition) is 1. The van der Waals surface area contributed by atoms with E-state index in [1.165, 1.54) is 6.07 Å². The van der Waals surface area contributed by atoms with Crippen molar-refractivity contribution < 1.29 is 9.13 Å². The van der Waals surface area contributed by atoms with Crippen molar-refractivity contribution in [3.8, 4) is 5.75 Å². The third-order valence-electron chi connectivity index (χ3n) is 3.80. The van der Waals surface area contributed by atoms with E-state index in [9.17, 15) is 4.39 Å². The van der Waals surface area contributed by atoms with Crippen LogP contribution in [-0.2, 0) is 0 Å². The summed E-state index contributed by atoms with van der Waals surface area (Å²) < 4.78 is 19.4. The van der Waals surface area contributed by atoms with Crippen LogP contribution in [0, 0.1) is 5.82 Å². The van der Waals surface area contributed by atoms with Gasteiger partial charge in [0.1, 0.15) is 11.6 Å². The molecule has 0 unspecified atom stereocenters. The van der Waals surface area contributed by atoms with Gasteiger partial charge in [-0.1, -0.05) is 12.1 Å². The van der Waals surface area contributed by atoms with Crippen LogP contribution in [0.3, 0.4) is 0 Å². The summed E-state index contributed by atoms with van der Waals surface area (Å²) in [5.41, 5.74) is 0.759. The molecule has 0 aromatic heterocycles. The maximum atomic E-state index is 14.3. The standard InChI is InChI=1S/C16H23FN2O.2ClH/c1-3-4-5-16(19-10-8-18-9-11-19)14-7-6-13(20-2)12-15(14)17;;/h3,6-7,12,16,18H,1,4-5,8-11H2,2H3;2*1H/t16-;;/m0../s1. The van der Waals surface area contributed by atoms with E-state index in [-0.39, 0.29) is 36.7 Å². The van der Waals surface area contributed by atoms with Gasteiger partial charge in [-0.15, -0.1) is 31.4 Å². The summed E-state index contributed by atoms with van der Waals surface area (Å²) in [6.07, 6.45) is 3.68. The van der Waals surface area contributed by atoms with E-state index in [0.717, 1.165) is 44.6 Å². The highest BCUT2D eigenvalue weighted by Gasteiger charge is 2.24. The van der Waals surface area contributed by atoms with E-state index in [1.54, 1.807) is 7.11 Å². The number of rotatable bonds is 6. The van der Waals surface area contributed by atoms with Gasteiger partial charge in [0.15, 0.2) is 0 Å². The predicted octanol–water partition coefficient (Wildman–Crippen LogP) is 3.59. The molecule has 0 radical (unpaired) electrons. The van der Waals surface area contributed by atoms with Crippen LogP contribution >= 0.6 is 24.8 Å².